The van der Waals surface area contributed by atoms with Gasteiger partial charge < -0.3 is 9.73 Å². The van der Waals surface area contributed by atoms with E-state index in [-0.39, 0.29) is 6.04 Å². The molecule has 18 heavy (non-hydrogen) atoms. The van der Waals surface area contributed by atoms with E-state index >= 15 is 0 Å². The molecule has 2 aromatic rings. The van der Waals surface area contributed by atoms with Crippen molar-refractivity contribution >= 4 is 0 Å². The van der Waals surface area contributed by atoms with Crippen LogP contribution in [0.1, 0.15) is 39.9 Å². The van der Waals surface area contributed by atoms with Crippen molar-refractivity contribution in [1.82, 2.24) is 10.3 Å². The largest absolute Gasteiger partial charge is 0.466 e. The van der Waals surface area contributed by atoms with Crippen LogP contribution in [0, 0.1) is 27.7 Å². The minimum atomic E-state index is 0.135. The Morgan fingerprint density at radius 3 is 2.28 bits per heavy atom. The highest BCUT2D eigenvalue weighted by atomic mass is 16.3. The van der Waals surface area contributed by atoms with E-state index in [1.54, 1.807) is 0 Å². The molecular formula is C15H20N2O. The summed E-state index contributed by atoms with van der Waals surface area (Å²) in [6.45, 7) is 8.12. The number of nitrogens with one attached hydrogen (secondary N) is 1. The number of hydrogen-bond acceptors (Lipinski definition) is 3. The topological polar surface area (TPSA) is 38.1 Å². The van der Waals surface area contributed by atoms with Gasteiger partial charge in [-0.2, -0.15) is 0 Å². The molecule has 1 unspecified atom stereocenters. The van der Waals surface area contributed by atoms with Gasteiger partial charge in [0.15, 0.2) is 0 Å². The first-order valence-electron chi connectivity index (χ1n) is 6.21. The lowest BCUT2D eigenvalue weighted by molar-refractivity contribution is 0.495. The van der Waals surface area contributed by atoms with Crippen molar-refractivity contribution < 1.29 is 4.42 Å². The Hall–Kier alpha value is -1.61. The van der Waals surface area contributed by atoms with Gasteiger partial charge in [0.25, 0.3) is 0 Å². The third kappa shape index (κ3) is 2.18. The Kier molecular flexibility index (Phi) is 3.53. The Bertz CT molecular complexity index is 540. The van der Waals surface area contributed by atoms with Gasteiger partial charge in [0, 0.05) is 17.5 Å². The van der Waals surface area contributed by atoms with E-state index in [9.17, 15) is 0 Å². The van der Waals surface area contributed by atoms with Crippen LogP contribution >= 0.6 is 0 Å². The van der Waals surface area contributed by atoms with Crippen molar-refractivity contribution in [2.75, 3.05) is 7.05 Å². The summed E-state index contributed by atoms with van der Waals surface area (Å²) in [5.74, 6) is 1.97. The molecule has 0 amide bonds. The summed E-state index contributed by atoms with van der Waals surface area (Å²) in [5, 5.41) is 3.35. The lowest BCUT2D eigenvalue weighted by atomic mass is 9.96. The van der Waals surface area contributed by atoms with Crippen LogP contribution in [-0.4, -0.2) is 12.0 Å². The molecule has 2 rings (SSSR count). The second-order valence-corrected chi connectivity index (χ2v) is 4.71. The molecule has 0 saturated heterocycles. The van der Waals surface area contributed by atoms with Gasteiger partial charge in [-0.25, -0.2) is 0 Å². The van der Waals surface area contributed by atoms with Crippen LogP contribution in [0.2, 0.25) is 0 Å². The molecule has 0 radical (unpaired) electrons. The summed E-state index contributed by atoms with van der Waals surface area (Å²) in [6.07, 6.45) is 1.93. The molecule has 0 bridgehead atoms. The van der Waals surface area contributed by atoms with E-state index in [4.69, 9.17) is 4.42 Å². The first kappa shape index (κ1) is 12.8. The average molecular weight is 244 g/mol. The molecule has 2 aromatic heterocycles. The minimum absolute atomic E-state index is 0.135. The van der Waals surface area contributed by atoms with Gasteiger partial charge in [0.05, 0.1) is 6.04 Å². The zero-order chi connectivity index (χ0) is 13.3. The van der Waals surface area contributed by atoms with Gasteiger partial charge in [-0.1, -0.05) is 6.07 Å². The number of nitrogens with zero attached hydrogens (tertiary/aromatic N) is 1. The van der Waals surface area contributed by atoms with Crippen LogP contribution in [0.4, 0.5) is 0 Å². The fraction of sp³-hybridized carbons (Fsp3) is 0.400. The summed E-state index contributed by atoms with van der Waals surface area (Å²) in [6, 6.07) is 4.29. The fourth-order valence-corrected chi connectivity index (χ4v) is 2.36. The smallest absolute Gasteiger partial charge is 0.106 e. The van der Waals surface area contributed by atoms with Crippen molar-refractivity contribution in [3.8, 4) is 0 Å². The molecule has 2 heterocycles. The summed E-state index contributed by atoms with van der Waals surface area (Å²) >= 11 is 0. The number of hydrogen-bond donors (Lipinski definition) is 1. The molecule has 3 heteroatoms. The second kappa shape index (κ2) is 4.94. The Balaban J connectivity index is 2.48. The van der Waals surface area contributed by atoms with Crippen LogP contribution in [0.5, 0.6) is 0 Å². The summed E-state index contributed by atoms with van der Waals surface area (Å²) in [4.78, 5) is 4.37. The molecule has 3 nitrogen and oxygen atoms in total. The minimum Gasteiger partial charge on any atom is -0.466 e. The summed E-state index contributed by atoms with van der Waals surface area (Å²) in [7, 11) is 1.96. The molecule has 1 N–H and O–H groups in total. The summed E-state index contributed by atoms with van der Waals surface area (Å²) in [5.41, 5.74) is 4.63. The van der Waals surface area contributed by atoms with Crippen molar-refractivity contribution in [3.63, 3.8) is 0 Å². The van der Waals surface area contributed by atoms with Crippen molar-refractivity contribution in [3.05, 3.63) is 52.2 Å². The third-order valence-corrected chi connectivity index (χ3v) is 3.46. The standard InChI is InChI=1S/C15H20N2O/c1-9-6-7-13(8-17-9)15(16-5)14-10(2)11(3)18-12(14)4/h6-8,15-16H,1-5H3. The Labute approximate surface area is 108 Å². The summed E-state index contributed by atoms with van der Waals surface area (Å²) < 4.78 is 5.71. The Morgan fingerprint density at radius 1 is 1.11 bits per heavy atom. The van der Waals surface area contributed by atoms with E-state index < -0.39 is 0 Å². The maximum Gasteiger partial charge on any atom is 0.106 e. The van der Waals surface area contributed by atoms with Crippen molar-refractivity contribution in [2.24, 2.45) is 0 Å². The van der Waals surface area contributed by atoms with E-state index in [1.165, 1.54) is 11.1 Å². The molecule has 0 aliphatic rings. The van der Waals surface area contributed by atoms with Crippen molar-refractivity contribution in [1.29, 1.82) is 0 Å². The van der Waals surface area contributed by atoms with E-state index in [1.807, 2.05) is 40.1 Å². The quantitative estimate of drug-likeness (QED) is 0.901. The maximum atomic E-state index is 5.71. The second-order valence-electron chi connectivity index (χ2n) is 4.71. The van der Waals surface area contributed by atoms with Gasteiger partial charge in [0.1, 0.15) is 11.5 Å². The van der Waals surface area contributed by atoms with Gasteiger partial charge in [-0.05, 0) is 51.9 Å². The van der Waals surface area contributed by atoms with Crippen LogP contribution in [-0.2, 0) is 0 Å². The lowest BCUT2D eigenvalue weighted by Crippen LogP contribution is -2.19. The zero-order valence-electron chi connectivity index (χ0n) is 11.7. The number of aryl methyl sites for hydroxylation is 3. The number of furan rings is 1. The van der Waals surface area contributed by atoms with Gasteiger partial charge in [-0.3, -0.25) is 4.98 Å². The lowest BCUT2D eigenvalue weighted by Gasteiger charge is -2.17. The molecule has 0 aliphatic heterocycles. The monoisotopic (exact) mass is 244 g/mol. The number of aromatic nitrogens is 1. The molecule has 96 valence electrons. The highest BCUT2D eigenvalue weighted by molar-refractivity contribution is 5.40. The van der Waals surface area contributed by atoms with E-state index in [2.05, 4.69) is 23.3 Å². The predicted octanol–water partition coefficient (Wildman–Crippen LogP) is 3.22. The van der Waals surface area contributed by atoms with Crippen molar-refractivity contribution in [2.45, 2.75) is 33.7 Å². The highest BCUT2D eigenvalue weighted by Crippen LogP contribution is 2.30. The van der Waals surface area contributed by atoms with Gasteiger partial charge >= 0.3 is 0 Å². The maximum absolute atomic E-state index is 5.71. The molecular weight excluding hydrogens is 224 g/mol. The molecule has 0 saturated carbocycles. The molecule has 0 fully saturated rings. The third-order valence-electron chi connectivity index (χ3n) is 3.46. The van der Waals surface area contributed by atoms with E-state index in [0.717, 1.165) is 22.8 Å². The van der Waals surface area contributed by atoms with E-state index in [0.29, 0.717) is 0 Å². The fourth-order valence-electron chi connectivity index (χ4n) is 2.36. The molecule has 0 aromatic carbocycles. The van der Waals surface area contributed by atoms with Crippen LogP contribution in [0.15, 0.2) is 22.7 Å². The molecule has 0 aliphatic carbocycles. The Morgan fingerprint density at radius 2 is 1.83 bits per heavy atom. The molecule has 1 atom stereocenters. The highest BCUT2D eigenvalue weighted by Gasteiger charge is 2.21. The predicted molar refractivity (Wildman–Crippen MR) is 72.8 cm³/mol. The number of rotatable bonds is 3. The van der Waals surface area contributed by atoms with Gasteiger partial charge in [0.2, 0.25) is 0 Å². The van der Waals surface area contributed by atoms with Crippen LogP contribution in [0.25, 0.3) is 0 Å². The zero-order valence-corrected chi connectivity index (χ0v) is 11.7. The van der Waals surface area contributed by atoms with Gasteiger partial charge in [-0.15, -0.1) is 0 Å². The first-order valence-corrected chi connectivity index (χ1v) is 6.21. The van der Waals surface area contributed by atoms with Crippen LogP contribution < -0.4 is 5.32 Å². The average Bonchev–Trinajstić information content (AvgIpc) is 2.59. The first-order chi connectivity index (χ1) is 8.54. The molecule has 0 spiro atoms. The normalized spacial score (nSPS) is 12.7. The number of pyridine rings is 1. The SMILES string of the molecule is CNC(c1ccc(C)nc1)c1c(C)oc(C)c1C. The van der Waals surface area contributed by atoms with Crippen LogP contribution in [0.3, 0.4) is 0 Å².